The van der Waals surface area contributed by atoms with Gasteiger partial charge in [-0.15, -0.1) is 0 Å². The van der Waals surface area contributed by atoms with Gasteiger partial charge in [-0.05, 0) is 73.2 Å². The summed E-state index contributed by atoms with van der Waals surface area (Å²) in [5, 5.41) is 5.31. The van der Waals surface area contributed by atoms with Gasteiger partial charge in [0.15, 0.2) is 5.58 Å². The molecule has 0 saturated heterocycles. The Balaban J connectivity index is 1.69. The summed E-state index contributed by atoms with van der Waals surface area (Å²) in [6.45, 7) is 2.22. The molecule has 168 valence electrons. The fraction of sp³-hybridized carbons (Fsp3) is 0.0312. The van der Waals surface area contributed by atoms with Gasteiger partial charge in [0.2, 0.25) is 5.89 Å². The fourth-order valence-corrected chi connectivity index (χ4v) is 9.44. The van der Waals surface area contributed by atoms with Crippen LogP contribution in [0.1, 0.15) is 5.56 Å². The average Bonchev–Trinajstić information content (AvgIpc) is 3.36. The third-order valence-corrected chi connectivity index (χ3v) is 11.0. The summed E-state index contributed by atoms with van der Waals surface area (Å²) in [6.07, 6.45) is 0. The molecule has 0 aliphatic heterocycles. The SMILES string of the molecule is Cc1ccc(-c2nc3ccccc3o2)cc1[P+](c1ccccc1)(c1ccccc1)c1ccccc1. The summed E-state index contributed by atoms with van der Waals surface area (Å²) in [7, 11) is -2.19. The zero-order chi connectivity index (χ0) is 23.7. The van der Waals surface area contributed by atoms with Gasteiger partial charge < -0.3 is 4.42 Å². The summed E-state index contributed by atoms with van der Waals surface area (Å²) in [4.78, 5) is 4.80. The van der Waals surface area contributed by atoms with Gasteiger partial charge in [0, 0.05) is 5.56 Å². The van der Waals surface area contributed by atoms with E-state index in [1.807, 2.05) is 24.3 Å². The molecule has 5 aromatic carbocycles. The topological polar surface area (TPSA) is 26.0 Å². The van der Waals surface area contributed by atoms with Crippen molar-refractivity contribution in [2.45, 2.75) is 6.92 Å². The summed E-state index contributed by atoms with van der Waals surface area (Å²) in [5.41, 5.74) is 3.93. The molecule has 0 spiro atoms. The Labute approximate surface area is 206 Å². The van der Waals surface area contributed by atoms with Crippen molar-refractivity contribution in [3.8, 4) is 11.5 Å². The van der Waals surface area contributed by atoms with Crippen molar-refractivity contribution < 1.29 is 4.42 Å². The van der Waals surface area contributed by atoms with Crippen LogP contribution in [-0.4, -0.2) is 4.98 Å². The van der Waals surface area contributed by atoms with Gasteiger partial charge in [-0.1, -0.05) is 72.8 Å². The van der Waals surface area contributed by atoms with Crippen molar-refractivity contribution >= 4 is 39.6 Å². The van der Waals surface area contributed by atoms with Crippen LogP contribution in [0.3, 0.4) is 0 Å². The summed E-state index contributed by atoms with van der Waals surface area (Å²) in [6, 6.07) is 47.4. The minimum atomic E-state index is -2.19. The van der Waals surface area contributed by atoms with Crippen LogP contribution in [0.4, 0.5) is 0 Å². The minimum absolute atomic E-state index is 0.653. The first kappa shape index (κ1) is 21.5. The Morgan fingerprint density at radius 3 is 1.63 bits per heavy atom. The van der Waals surface area contributed by atoms with Crippen molar-refractivity contribution in [3.63, 3.8) is 0 Å². The molecule has 0 aliphatic carbocycles. The zero-order valence-electron chi connectivity index (χ0n) is 19.5. The highest BCUT2D eigenvalue weighted by Gasteiger charge is 2.48. The van der Waals surface area contributed by atoms with Crippen LogP contribution < -0.4 is 21.2 Å². The molecule has 3 heteroatoms. The fourth-order valence-electron chi connectivity index (χ4n) is 4.92. The minimum Gasteiger partial charge on any atom is -0.436 e. The molecule has 35 heavy (non-hydrogen) atoms. The number of fused-ring (bicyclic) bond motifs is 1. The van der Waals surface area contributed by atoms with E-state index < -0.39 is 7.26 Å². The number of hydrogen-bond acceptors (Lipinski definition) is 2. The molecule has 0 N–H and O–H groups in total. The Bertz CT molecular complexity index is 1460. The van der Waals surface area contributed by atoms with Crippen molar-refractivity contribution in [1.29, 1.82) is 0 Å². The normalized spacial score (nSPS) is 11.6. The lowest BCUT2D eigenvalue weighted by Gasteiger charge is -2.29. The molecular formula is C32H25NOP+. The van der Waals surface area contributed by atoms with Crippen molar-refractivity contribution in [2.75, 3.05) is 0 Å². The van der Waals surface area contributed by atoms with Gasteiger partial charge in [-0.2, -0.15) is 0 Å². The van der Waals surface area contributed by atoms with Gasteiger partial charge in [0.25, 0.3) is 0 Å². The lowest BCUT2D eigenvalue weighted by molar-refractivity contribution is 0.620. The molecule has 6 rings (SSSR count). The number of rotatable bonds is 5. The van der Waals surface area contributed by atoms with Gasteiger partial charge >= 0.3 is 0 Å². The van der Waals surface area contributed by atoms with E-state index in [-0.39, 0.29) is 0 Å². The van der Waals surface area contributed by atoms with Gasteiger partial charge in [-0.3, -0.25) is 0 Å². The van der Waals surface area contributed by atoms with Crippen molar-refractivity contribution in [3.05, 3.63) is 139 Å². The Morgan fingerprint density at radius 2 is 1.09 bits per heavy atom. The number of para-hydroxylation sites is 2. The molecule has 0 amide bonds. The van der Waals surface area contributed by atoms with Crippen molar-refractivity contribution in [1.82, 2.24) is 4.98 Å². The first-order chi connectivity index (χ1) is 17.3. The summed E-state index contributed by atoms with van der Waals surface area (Å²) < 4.78 is 6.18. The molecule has 0 saturated carbocycles. The zero-order valence-corrected chi connectivity index (χ0v) is 20.4. The molecule has 1 heterocycles. The van der Waals surface area contributed by atoms with Crippen LogP contribution in [0.15, 0.2) is 138 Å². The van der Waals surface area contributed by atoms with Crippen molar-refractivity contribution in [2.24, 2.45) is 0 Å². The van der Waals surface area contributed by atoms with Crippen LogP contribution in [0.5, 0.6) is 0 Å². The third-order valence-electron chi connectivity index (χ3n) is 6.54. The first-order valence-electron chi connectivity index (χ1n) is 11.8. The Kier molecular flexibility index (Phi) is 5.52. The van der Waals surface area contributed by atoms with E-state index in [1.165, 1.54) is 26.8 Å². The number of aryl methyl sites for hydroxylation is 1. The summed E-state index contributed by atoms with van der Waals surface area (Å²) in [5.74, 6) is 0.653. The smallest absolute Gasteiger partial charge is 0.227 e. The highest BCUT2D eigenvalue weighted by atomic mass is 31.2. The lowest BCUT2D eigenvalue weighted by atomic mass is 10.1. The van der Waals surface area contributed by atoms with E-state index in [2.05, 4.69) is 116 Å². The van der Waals surface area contributed by atoms with Crippen LogP contribution >= 0.6 is 7.26 Å². The maximum atomic E-state index is 6.18. The number of oxazole rings is 1. The van der Waals surface area contributed by atoms with E-state index in [0.29, 0.717) is 5.89 Å². The average molecular weight is 471 g/mol. The highest BCUT2D eigenvalue weighted by molar-refractivity contribution is 8.01. The van der Waals surface area contributed by atoms with Gasteiger partial charge in [0.05, 0.1) is 0 Å². The lowest BCUT2D eigenvalue weighted by Crippen LogP contribution is -2.39. The van der Waals surface area contributed by atoms with Crippen LogP contribution in [-0.2, 0) is 0 Å². The van der Waals surface area contributed by atoms with Crippen LogP contribution in [0.2, 0.25) is 0 Å². The Morgan fingerprint density at radius 1 is 0.571 bits per heavy atom. The predicted molar refractivity (Wildman–Crippen MR) is 149 cm³/mol. The summed E-state index contributed by atoms with van der Waals surface area (Å²) >= 11 is 0. The Hall–Kier alpha value is -4.00. The second-order valence-corrected chi connectivity index (χ2v) is 12.0. The molecule has 0 atom stereocenters. The molecular weight excluding hydrogens is 445 g/mol. The molecule has 0 fully saturated rings. The third kappa shape index (κ3) is 3.67. The van der Waals surface area contributed by atoms with Gasteiger partial charge in [-0.25, -0.2) is 4.98 Å². The highest BCUT2D eigenvalue weighted by Crippen LogP contribution is 2.55. The number of nitrogens with zero attached hydrogens (tertiary/aromatic N) is 1. The standard InChI is InChI=1S/C32H25NOP/c1-24-21-22-25(32-33-29-19-11-12-20-30(29)34-32)23-31(24)35(26-13-5-2-6-14-26,27-15-7-3-8-16-27)28-17-9-4-10-18-28/h2-23H,1H3/q+1. The quantitative estimate of drug-likeness (QED) is 0.272. The van der Waals surface area contributed by atoms with E-state index in [1.54, 1.807) is 0 Å². The largest absolute Gasteiger partial charge is 0.436 e. The van der Waals surface area contributed by atoms with Gasteiger partial charge in [0.1, 0.15) is 34.0 Å². The first-order valence-corrected chi connectivity index (χ1v) is 13.6. The molecule has 1 aromatic heterocycles. The molecule has 0 radical (unpaired) electrons. The van der Waals surface area contributed by atoms with E-state index in [4.69, 9.17) is 9.40 Å². The van der Waals surface area contributed by atoms with Crippen LogP contribution in [0.25, 0.3) is 22.6 Å². The number of aromatic nitrogens is 1. The van der Waals surface area contributed by atoms with E-state index in [9.17, 15) is 0 Å². The molecule has 0 aliphatic rings. The van der Waals surface area contributed by atoms with Crippen LogP contribution in [0, 0.1) is 6.92 Å². The molecule has 0 unspecified atom stereocenters. The molecule has 2 nitrogen and oxygen atoms in total. The number of benzene rings is 5. The maximum absolute atomic E-state index is 6.18. The number of hydrogen-bond donors (Lipinski definition) is 0. The molecule has 0 bridgehead atoms. The monoisotopic (exact) mass is 470 g/mol. The second kappa shape index (κ2) is 8.98. The van der Waals surface area contributed by atoms with E-state index in [0.717, 1.165) is 16.7 Å². The van der Waals surface area contributed by atoms with E-state index >= 15 is 0 Å². The molecule has 6 aromatic rings. The maximum Gasteiger partial charge on any atom is 0.227 e. The second-order valence-electron chi connectivity index (χ2n) is 8.67. The predicted octanol–water partition coefficient (Wildman–Crippen LogP) is 6.42.